The van der Waals surface area contributed by atoms with Gasteiger partial charge in [0.2, 0.25) is 0 Å². The second-order valence-electron chi connectivity index (χ2n) is 2.09. The summed E-state index contributed by atoms with van der Waals surface area (Å²) in [6.45, 7) is 7.77. The van der Waals surface area contributed by atoms with Gasteiger partial charge in [-0.15, -0.1) is 0 Å². The van der Waals surface area contributed by atoms with Crippen LogP contribution < -0.4 is 0 Å². The van der Waals surface area contributed by atoms with E-state index in [1.165, 1.54) is 19.0 Å². The molecular formula is C6H16BLi. The van der Waals surface area contributed by atoms with Crippen molar-refractivity contribution in [3.8, 4) is 0 Å². The van der Waals surface area contributed by atoms with Gasteiger partial charge in [0.25, 0.3) is 0 Å². The fourth-order valence-electron chi connectivity index (χ4n) is 0.866. The van der Waals surface area contributed by atoms with Gasteiger partial charge < -0.3 is 0 Å². The van der Waals surface area contributed by atoms with Crippen molar-refractivity contribution < 1.29 is 0 Å². The molecule has 0 unspecified atom stereocenters. The average molecular weight is 106 g/mol. The maximum absolute atomic E-state index is 2.26. The maximum atomic E-state index is 2.26. The molecule has 0 amide bonds. The molecular weight excluding hydrogens is 89.8 g/mol. The van der Waals surface area contributed by atoms with Crippen molar-refractivity contribution in [2.45, 2.75) is 39.7 Å². The van der Waals surface area contributed by atoms with E-state index < -0.39 is 0 Å². The molecule has 0 heterocycles. The number of hydrogen-bond acceptors (Lipinski definition) is 0. The van der Waals surface area contributed by atoms with Crippen molar-refractivity contribution >= 4 is 25.6 Å². The zero-order valence-corrected chi connectivity index (χ0v) is 5.70. The van der Waals surface area contributed by atoms with Gasteiger partial charge >= 0.3 is 18.9 Å². The van der Waals surface area contributed by atoms with Crippen LogP contribution in [-0.4, -0.2) is 25.6 Å². The van der Waals surface area contributed by atoms with E-state index in [1.807, 2.05) is 0 Å². The topological polar surface area (TPSA) is 0 Å². The molecule has 0 bridgehead atoms. The summed E-state index contributed by atoms with van der Waals surface area (Å²) in [7, 11) is 0. The summed E-state index contributed by atoms with van der Waals surface area (Å²) in [4.78, 5) is 0. The van der Waals surface area contributed by atoms with Crippen molar-refractivity contribution in [2.75, 3.05) is 0 Å². The average Bonchev–Trinajstić information content (AvgIpc) is 1.72. The second-order valence-corrected chi connectivity index (χ2v) is 2.09. The summed E-state index contributed by atoms with van der Waals surface area (Å²) in [5, 5.41) is 0. The molecule has 0 spiro atoms. The number of rotatable bonds is 3. The summed E-state index contributed by atoms with van der Waals surface area (Å²) < 4.78 is 0. The van der Waals surface area contributed by atoms with Crippen molar-refractivity contribution in [3.05, 3.63) is 0 Å². The van der Waals surface area contributed by atoms with Crippen molar-refractivity contribution in [3.63, 3.8) is 0 Å². The third kappa shape index (κ3) is 4.81. The minimum atomic E-state index is 0. The van der Waals surface area contributed by atoms with E-state index in [0.29, 0.717) is 0 Å². The van der Waals surface area contributed by atoms with Gasteiger partial charge in [-0.1, -0.05) is 39.7 Å². The first kappa shape index (κ1) is 11.5. The molecule has 0 atom stereocenters. The van der Waals surface area contributed by atoms with Crippen LogP contribution in [0.25, 0.3) is 0 Å². The van der Waals surface area contributed by atoms with Crippen molar-refractivity contribution in [1.82, 2.24) is 0 Å². The molecule has 0 aliphatic carbocycles. The fourth-order valence-corrected chi connectivity index (χ4v) is 0.866. The molecule has 0 aliphatic rings. The Morgan fingerprint density at radius 1 is 0.875 bits per heavy atom. The van der Waals surface area contributed by atoms with Crippen LogP contribution in [0.4, 0.5) is 0 Å². The van der Waals surface area contributed by atoms with Crippen LogP contribution in [0.15, 0.2) is 0 Å². The zero-order valence-electron chi connectivity index (χ0n) is 5.70. The molecule has 0 saturated heterocycles. The van der Waals surface area contributed by atoms with Gasteiger partial charge in [-0.3, -0.25) is 0 Å². The van der Waals surface area contributed by atoms with Crippen LogP contribution in [0.2, 0.25) is 19.0 Å². The standard InChI is InChI=1S/C6H15B.Li.H/c1-4-7(5-2)6-3;;/h4-6H2,1-3H3;;. The quantitative estimate of drug-likeness (QED) is 0.482. The summed E-state index contributed by atoms with van der Waals surface area (Å²) >= 11 is 0. The third-order valence-electron chi connectivity index (χ3n) is 1.73. The summed E-state index contributed by atoms with van der Waals surface area (Å²) in [5.74, 6) is 0. The predicted octanol–water partition coefficient (Wildman–Crippen LogP) is 1.89. The summed E-state index contributed by atoms with van der Waals surface area (Å²) in [5.41, 5.74) is 0. The van der Waals surface area contributed by atoms with E-state index in [4.69, 9.17) is 0 Å². The summed E-state index contributed by atoms with van der Waals surface area (Å²) in [6, 6.07) is 0. The van der Waals surface area contributed by atoms with Gasteiger partial charge in [-0.05, 0) is 0 Å². The Labute approximate surface area is 65.7 Å². The first-order valence-electron chi connectivity index (χ1n) is 3.35. The van der Waals surface area contributed by atoms with E-state index in [2.05, 4.69) is 20.8 Å². The molecule has 0 aromatic carbocycles. The molecule has 8 heavy (non-hydrogen) atoms. The molecule has 0 N–H and O–H groups in total. The molecule has 44 valence electrons. The molecule has 0 aromatic heterocycles. The molecule has 0 fully saturated rings. The van der Waals surface area contributed by atoms with E-state index >= 15 is 0 Å². The van der Waals surface area contributed by atoms with Crippen LogP contribution in [0.5, 0.6) is 0 Å². The first-order chi connectivity index (χ1) is 3.35. The molecule has 0 saturated carbocycles. The SMILES string of the molecule is CCB(CC)CC.[LiH]. The van der Waals surface area contributed by atoms with Crippen LogP contribution in [0, 0.1) is 0 Å². The van der Waals surface area contributed by atoms with Gasteiger partial charge in [-0.25, -0.2) is 0 Å². The Bertz CT molecular complexity index is 30.0. The molecule has 0 radical (unpaired) electrons. The molecule has 2 heteroatoms. The zero-order chi connectivity index (χ0) is 5.70. The van der Waals surface area contributed by atoms with E-state index in [9.17, 15) is 0 Å². The van der Waals surface area contributed by atoms with Gasteiger partial charge in [0.15, 0.2) is 0 Å². The minimum absolute atomic E-state index is 0. The second kappa shape index (κ2) is 7.66. The molecule has 0 aliphatic heterocycles. The van der Waals surface area contributed by atoms with Gasteiger partial charge in [0.1, 0.15) is 6.71 Å². The van der Waals surface area contributed by atoms with Gasteiger partial charge in [0, 0.05) is 0 Å². The Morgan fingerprint density at radius 3 is 1.12 bits per heavy atom. The van der Waals surface area contributed by atoms with Gasteiger partial charge in [0.05, 0.1) is 0 Å². The number of hydrogen-bond donors (Lipinski definition) is 0. The predicted molar refractivity (Wildman–Crippen MR) is 44.3 cm³/mol. The Morgan fingerprint density at radius 2 is 1.12 bits per heavy atom. The van der Waals surface area contributed by atoms with Gasteiger partial charge in [-0.2, -0.15) is 0 Å². The Balaban J connectivity index is 0. The normalized spacial score (nSPS) is 7.88. The molecule has 0 rings (SSSR count). The van der Waals surface area contributed by atoms with Crippen LogP contribution in [0.1, 0.15) is 20.8 Å². The third-order valence-corrected chi connectivity index (χ3v) is 1.73. The van der Waals surface area contributed by atoms with Crippen LogP contribution in [0.3, 0.4) is 0 Å². The van der Waals surface area contributed by atoms with Crippen LogP contribution in [-0.2, 0) is 0 Å². The Kier molecular flexibility index (Phi) is 11.0. The first-order valence-corrected chi connectivity index (χ1v) is 3.35. The van der Waals surface area contributed by atoms with Crippen molar-refractivity contribution in [2.24, 2.45) is 0 Å². The van der Waals surface area contributed by atoms with Crippen molar-refractivity contribution in [1.29, 1.82) is 0 Å². The molecule has 0 nitrogen and oxygen atoms in total. The fraction of sp³-hybridized carbons (Fsp3) is 1.00. The monoisotopic (exact) mass is 106 g/mol. The van der Waals surface area contributed by atoms with Crippen LogP contribution >= 0.6 is 0 Å². The summed E-state index contributed by atoms with van der Waals surface area (Å²) in [6.07, 6.45) is 4.06. The Hall–Kier alpha value is 0.662. The van der Waals surface area contributed by atoms with E-state index in [0.717, 1.165) is 6.71 Å². The van der Waals surface area contributed by atoms with E-state index in [-0.39, 0.29) is 18.9 Å². The van der Waals surface area contributed by atoms with E-state index in [1.54, 1.807) is 0 Å². The molecule has 0 aromatic rings.